The Morgan fingerprint density at radius 2 is 1.92 bits per heavy atom. The number of aromatic nitrogens is 4. The van der Waals surface area contributed by atoms with E-state index < -0.39 is 0 Å². The quantitative estimate of drug-likeness (QED) is 0.710. The van der Waals surface area contributed by atoms with Gasteiger partial charge in [-0.2, -0.15) is 0 Å². The number of nitrogens with one attached hydrogen (secondary N) is 2. The Bertz CT molecular complexity index is 861. The van der Waals surface area contributed by atoms with Gasteiger partial charge in [0.25, 0.3) is 0 Å². The van der Waals surface area contributed by atoms with Crippen molar-refractivity contribution in [3.05, 3.63) is 66.1 Å². The number of carbonyl (C=O) groups is 1. The number of anilines is 2. The Balaban J connectivity index is 1.51. The normalized spacial score (nSPS) is 10.4. The van der Waals surface area contributed by atoms with Crippen LogP contribution in [-0.4, -0.2) is 39.9 Å². The number of benzene rings is 1. The van der Waals surface area contributed by atoms with E-state index in [1.54, 1.807) is 17.2 Å². The minimum Gasteiger partial charge on any atom is -0.363 e. The zero-order valence-corrected chi connectivity index (χ0v) is 14.8. The van der Waals surface area contributed by atoms with Gasteiger partial charge in [-0.25, -0.2) is 19.4 Å². The molecule has 0 radical (unpaired) electrons. The summed E-state index contributed by atoms with van der Waals surface area (Å²) in [6, 6.07) is 13.4. The van der Waals surface area contributed by atoms with Gasteiger partial charge in [-0.3, -0.25) is 5.32 Å². The molecule has 0 aliphatic rings. The molecule has 3 rings (SSSR count). The Labute approximate surface area is 151 Å². The van der Waals surface area contributed by atoms with Gasteiger partial charge in [0.05, 0.1) is 6.54 Å². The van der Waals surface area contributed by atoms with Gasteiger partial charge >= 0.3 is 6.03 Å². The lowest BCUT2D eigenvalue weighted by atomic mass is 10.2. The second-order valence-corrected chi connectivity index (χ2v) is 5.98. The lowest BCUT2D eigenvalue weighted by Gasteiger charge is -2.12. The maximum Gasteiger partial charge on any atom is 0.321 e. The smallest absolute Gasteiger partial charge is 0.321 e. The van der Waals surface area contributed by atoms with Gasteiger partial charge < -0.3 is 10.2 Å². The number of pyridine rings is 1. The van der Waals surface area contributed by atoms with Crippen molar-refractivity contribution >= 4 is 17.8 Å². The van der Waals surface area contributed by atoms with Crippen molar-refractivity contribution < 1.29 is 4.79 Å². The zero-order chi connectivity index (χ0) is 18.4. The summed E-state index contributed by atoms with van der Waals surface area (Å²) in [6.07, 6.45) is 3.31. The highest BCUT2D eigenvalue weighted by Gasteiger charge is 2.07. The molecule has 0 bridgehead atoms. The fraction of sp³-hybridized carbons (Fsp3) is 0.222. The van der Waals surface area contributed by atoms with Crippen LogP contribution in [0.1, 0.15) is 11.1 Å². The molecule has 2 heterocycles. The molecule has 134 valence electrons. The highest BCUT2D eigenvalue weighted by Crippen LogP contribution is 2.09. The van der Waals surface area contributed by atoms with E-state index in [4.69, 9.17) is 0 Å². The Morgan fingerprint density at radius 1 is 1.12 bits per heavy atom. The number of nitrogens with zero attached hydrogens (tertiary/aromatic N) is 5. The molecule has 1 aromatic carbocycles. The van der Waals surface area contributed by atoms with Crippen molar-refractivity contribution in [1.82, 2.24) is 25.1 Å². The summed E-state index contributed by atoms with van der Waals surface area (Å²) >= 11 is 0. The van der Waals surface area contributed by atoms with E-state index in [0.717, 1.165) is 16.9 Å². The lowest BCUT2D eigenvalue weighted by molar-refractivity contribution is 0.251. The van der Waals surface area contributed by atoms with Crippen LogP contribution in [0.3, 0.4) is 0 Å². The molecule has 0 aliphatic carbocycles. The number of urea groups is 1. The van der Waals surface area contributed by atoms with Crippen LogP contribution in [-0.2, 0) is 13.1 Å². The number of hydrogen-bond acceptors (Lipinski definition) is 5. The first-order chi connectivity index (χ1) is 12.6. The fourth-order valence-corrected chi connectivity index (χ4v) is 2.34. The molecule has 0 spiro atoms. The van der Waals surface area contributed by atoms with Crippen LogP contribution in [0.5, 0.6) is 0 Å². The molecule has 8 nitrogen and oxygen atoms in total. The van der Waals surface area contributed by atoms with Gasteiger partial charge in [0.2, 0.25) is 5.95 Å². The molecule has 0 saturated carbocycles. The summed E-state index contributed by atoms with van der Waals surface area (Å²) < 4.78 is 1.68. The van der Waals surface area contributed by atoms with Gasteiger partial charge in [-0.05, 0) is 23.3 Å². The molecular formula is C18H21N7O. The highest BCUT2D eigenvalue weighted by molar-refractivity contribution is 5.87. The van der Waals surface area contributed by atoms with Gasteiger partial charge in [0.1, 0.15) is 12.1 Å². The average Bonchev–Trinajstić information content (AvgIpc) is 3.08. The molecule has 3 aromatic rings. The van der Waals surface area contributed by atoms with Crippen LogP contribution in [0, 0.1) is 0 Å². The Hall–Kier alpha value is -3.42. The summed E-state index contributed by atoms with van der Waals surface area (Å²) in [5, 5.41) is 9.68. The summed E-state index contributed by atoms with van der Waals surface area (Å²) in [5.41, 5.74) is 2.07. The van der Waals surface area contributed by atoms with E-state index in [0.29, 0.717) is 13.1 Å². The first-order valence-electron chi connectivity index (χ1n) is 8.20. The fourth-order valence-electron chi connectivity index (χ4n) is 2.34. The average molecular weight is 351 g/mol. The molecular weight excluding hydrogens is 330 g/mol. The standard InChI is InChI=1S/C18H21N7O/c1-24(2)16-10-15(8-9-19-16)11-20-18(26)22-17-21-13-25(23-17)12-14-6-4-3-5-7-14/h3-10,13H,11-12H2,1-2H3,(H2,20,22,23,26). The van der Waals surface area contributed by atoms with Gasteiger partial charge in [-0.1, -0.05) is 30.3 Å². The molecule has 2 amide bonds. The summed E-state index contributed by atoms with van der Waals surface area (Å²) in [4.78, 5) is 22.3. The Morgan fingerprint density at radius 3 is 2.69 bits per heavy atom. The zero-order valence-electron chi connectivity index (χ0n) is 14.8. The molecule has 8 heteroatoms. The lowest BCUT2D eigenvalue weighted by Crippen LogP contribution is -2.28. The SMILES string of the molecule is CN(C)c1cc(CNC(=O)Nc2ncn(Cc3ccccc3)n2)ccn1. The van der Waals surface area contributed by atoms with Crippen molar-refractivity contribution in [2.24, 2.45) is 0 Å². The first-order valence-corrected chi connectivity index (χ1v) is 8.20. The monoisotopic (exact) mass is 351 g/mol. The molecule has 0 saturated heterocycles. The van der Waals surface area contributed by atoms with Crippen LogP contribution in [0.2, 0.25) is 0 Å². The molecule has 0 unspecified atom stereocenters. The number of carbonyl (C=O) groups excluding carboxylic acids is 1. The van der Waals surface area contributed by atoms with E-state index in [9.17, 15) is 4.79 Å². The topological polar surface area (TPSA) is 88.0 Å². The number of hydrogen-bond donors (Lipinski definition) is 2. The Kier molecular flexibility index (Phi) is 5.43. The predicted molar refractivity (Wildman–Crippen MR) is 100.0 cm³/mol. The third-order valence-corrected chi connectivity index (χ3v) is 3.67. The summed E-state index contributed by atoms with van der Waals surface area (Å²) in [7, 11) is 3.84. The third-order valence-electron chi connectivity index (χ3n) is 3.67. The summed E-state index contributed by atoms with van der Waals surface area (Å²) in [5.74, 6) is 1.10. The van der Waals surface area contributed by atoms with Gasteiger partial charge in [0, 0.05) is 26.8 Å². The van der Waals surface area contributed by atoms with E-state index in [-0.39, 0.29) is 12.0 Å². The molecule has 2 N–H and O–H groups in total. The minimum absolute atomic E-state index is 0.266. The predicted octanol–water partition coefficient (Wildman–Crippen LogP) is 2.11. The maximum absolute atomic E-state index is 12.0. The molecule has 0 aliphatic heterocycles. The van der Waals surface area contributed by atoms with E-state index >= 15 is 0 Å². The first kappa shape index (κ1) is 17.4. The third kappa shape index (κ3) is 4.79. The van der Waals surface area contributed by atoms with Crippen LogP contribution in [0.15, 0.2) is 55.0 Å². The van der Waals surface area contributed by atoms with Crippen molar-refractivity contribution in [1.29, 1.82) is 0 Å². The van der Waals surface area contributed by atoms with E-state index in [2.05, 4.69) is 25.7 Å². The van der Waals surface area contributed by atoms with Gasteiger partial charge in [-0.15, -0.1) is 5.10 Å². The molecule has 2 aromatic heterocycles. The van der Waals surface area contributed by atoms with Crippen LogP contribution in [0.4, 0.5) is 16.6 Å². The van der Waals surface area contributed by atoms with Crippen molar-refractivity contribution in [3.8, 4) is 0 Å². The van der Waals surface area contributed by atoms with E-state index in [1.807, 2.05) is 61.5 Å². The van der Waals surface area contributed by atoms with Crippen LogP contribution >= 0.6 is 0 Å². The van der Waals surface area contributed by atoms with Crippen LogP contribution in [0.25, 0.3) is 0 Å². The highest BCUT2D eigenvalue weighted by atomic mass is 16.2. The molecule has 0 atom stereocenters. The summed E-state index contributed by atoms with van der Waals surface area (Å²) in [6.45, 7) is 0.987. The molecule has 26 heavy (non-hydrogen) atoms. The number of rotatable bonds is 6. The van der Waals surface area contributed by atoms with Gasteiger partial charge in [0.15, 0.2) is 0 Å². The van der Waals surface area contributed by atoms with Crippen molar-refractivity contribution in [2.45, 2.75) is 13.1 Å². The second kappa shape index (κ2) is 8.11. The van der Waals surface area contributed by atoms with Crippen molar-refractivity contribution in [3.63, 3.8) is 0 Å². The van der Waals surface area contributed by atoms with Crippen molar-refractivity contribution in [2.75, 3.05) is 24.3 Å². The largest absolute Gasteiger partial charge is 0.363 e. The minimum atomic E-state index is -0.356. The maximum atomic E-state index is 12.0. The molecule has 0 fully saturated rings. The van der Waals surface area contributed by atoms with Crippen LogP contribution < -0.4 is 15.5 Å². The number of amides is 2. The van der Waals surface area contributed by atoms with E-state index in [1.165, 1.54) is 0 Å². The second-order valence-electron chi connectivity index (χ2n) is 5.98.